The standard InChI is InChI=1S/C14H20N4/c1-10-4-11(2)6-12(5-10)7-14(17-15)13-8-16-18(3)9-13/h4-6,8-9,14,17H,7,15H2,1-3H3. The van der Waals surface area contributed by atoms with Gasteiger partial charge in [0.25, 0.3) is 0 Å². The summed E-state index contributed by atoms with van der Waals surface area (Å²) >= 11 is 0. The van der Waals surface area contributed by atoms with Crippen LogP contribution in [-0.2, 0) is 13.5 Å². The highest BCUT2D eigenvalue weighted by Crippen LogP contribution is 2.19. The van der Waals surface area contributed by atoms with Crippen molar-refractivity contribution in [3.63, 3.8) is 0 Å². The van der Waals surface area contributed by atoms with E-state index < -0.39 is 0 Å². The van der Waals surface area contributed by atoms with Gasteiger partial charge in [-0.1, -0.05) is 29.3 Å². The molecule has 0 saturated carbocycles. The van der Waals surface area contributed by atoms with Gasteiger partial charge in [0.1, 0.15) is 0 Å². The Morgan fingerprint density at radius 2 is 1.94 bits per heavy atom. The summed E-state index contributed by atoms with van der Waals surface area (Å²) in [5, 5.41) is 4.18. The Kier molecular flexibility index (Phi) is 3.79. The normalized spacial score (nSPS) is 12.7. The van der Waals surface area contributed by atoms with E-state index in [2.05, 4.69) is 42.6 Å². The molecular weight excluding hydrogens is 224 g/mol. The summed E-state index contributed by atoms with van der Waals surface area (Å²) in [4.78, 5) is 0. The van der Waals surface area contributed by atoms with Crippen LogP contribution >= 0.6 is 0 Å². The molecule has 96 valence electrons. The first-order chi connectivity index (χ1) is 8.58. The molecule has 18 heavy (non-hydrogen) atoms. The van der Waals surface area contributed by atoms with Crippen molar-refractivity contribution < 1.29 is 0 Å². The van der Waals surface area contributed by atoms with Crippen molar-refractivity contribution in [1.82, 2.24) is 15.2 Å². The van der Waals surface area contributed by atoms with E-state index >= 15 is 0 Å². The molecule has 1 unspecified atom stereocenters. The van der Waals surface area contributed by atoms with Crippen LogP contribution in [0.3, 0.4) is 0 Å². The average Bonchev–Trinajstić information content (AvgIpc) is 2.71. The highest BCUT2D eigenvalue weighted by Gasteiger charge is 2.12. The molecule has 0 fully saturated rings. The predicted octanol–water partition coefficient (Wildman–Crippen LogP) is 1.78. The lowest BCUT2D eigenvalue weighted by Crippen LogP contribution is -2.29. The number of nitrogens with one attached hydrogen (secondary N) is 1. The van der Waals surface area contributed by atoms with Crippen LogP contribution in [0.4, 0.5) is 0 Å². The molecule has 0 saturated heterocycles. The largest absolute Gasteiger partial charge is 0.275 e. The van der Waals surface area contributed by atoms with Crippen molar-refractivity contribution in [3.05, 3.63) is 52.8 Å². The van der Waals surface area contributed by atoms with E-state index in [0.29, 0.717) is 0 Å². The monoisotopic (exact) mass is 244 g/mol. The van der Waals surface area contributed by atoms with Gasteiger partial charge in [-0.15, -0.1) is 0 Å². The minimum atomic E-state index is 0.0971. The van der Waals surface area contributed by atoms with Gasteiger partial charge in [-0.25, -0.2) is 0 Å². The molecule has 0 amide bonds. The lowest BCUT2D eigenvalue weighted by molar-refractivity contribution is 0.551. The Bertz CT molecular complexity index is 510. The van der Waals surface area contributed by atoms with E-state index in [4.69, 9.17) is 5.84 Å². The predicted molar refractivity (Wildman–Crippen MR) is 72.9 cm³/mol. The van der Waals surface area contributed by atoms with Crippen molar-refractivity contribution in [2.75, 3.05) is 0 Å². The van der Waals surface area contributed by atoms with Crippen molar-refractivity contribution in [1.29, 1.82) is 0 Å². The molecule has 4 heteroatoms. The summed E-state index contributed by atoms with van der Waals surface area (Å²) in [5.74, 6) is 5.65. The highest BCUT2D eigenvalue weighted by atomic mass is 15.3. The molecule has 4 nitrogen and oxygen atoms in total. The van der Waals surface area contributed by atoms with Crippen molar-refractivity contribution in [3.8, 4) is 0 Å². The van der Waals surface area contributed by atoms with E-state index in [-0.39, 0.29) is 6.04 Å². The lowest BCUT2D eigenvalue weighted by Gasteiger charge is -2.15. The Labute approximate surface area is 108 Å². The van der Waals surface area contributed by atoms with Gasteiger partial charge >= 0.3 is 0 Å². The van der Waals surface area contributed by atoms with E-state index in [1.54, 1.807) is 4.68 Å². The number of benzene rings is 1. The summed E-state index contributed by atoms with van der Waals surface area (Å²) < 4.78 is 1.79. The van der Waals surface area contributed by atoms with Gasteiger partial charge < -0.3 is 0 Å². The summed E-state index contributed by atoms with van der Waals surface area (Å²) in [6.45, 7) is 4.23. The maximum atomic E-state index is 5.65. The van der Waals surface area contributed by atoms with Crippen molar-refractivity contribution >= 4 is 0 Å². The van der Waals surface area contributed by atoms with Crippen molar-refractivity contribution in [2.24, 2.45) is 12.9 Å². The second-order valence-electron chi connectivity index (χ2n) is 4.87. The Morgan fingerprint density at radius 1 is 1.28 bits per heavy atom. The minimum Gasteiger partial charge on any atom is -0.275 e. The average molecular weight is 244 g/mol. The number of nitrogens with two attached hydrogens (primary N) is 1. The number of nitrogens with zero attached hydrogens (tertiary/aromatic N) is 2. The molecule has 1 atom stereocenters. The van der Waals surface area contributed by atoms with Crippen molar-refractivity contribution in [2.45, 2.75) is 26.3 Å². The SMILES string of the molecule is Cc1cc(C)cc(CC(NN)c2cnn(C)c2)c1. The fourth-order valence-corrected chi connectivity index (χ4v) is 2.32. The van der Waals surface area contributed by atoms with Gasteiger partial charge in [-0.05, 0) is 25.8 Å². The van der Waals surface area contributed by atoms with E-state index in [1.807, 2.05) is 19.4 Å². The molecule has 0 radical (unpaired) electrons. The summed E-state index contributed by atoms with van der Waals surface area (Å²) in [6.07, 6.45) is 4.71. The fourth-order valence-electron chi connectivity index (χ4n) is 2.32. The van der Waals surface area contributed by atoms with Gasteiger partial charge in [0.05, 0.1) is 12.2 Å². The summed E-state index contributed by atoms with van der Waals surface area (Å²) in [5.41, 5.74) is 7.84. The number of aromatic nitrogens is 2. The smallest absolute Gasteiger partial charge is 0.0538 e. The van der Waals surface area contributed by atoms with Crippen LogP contribution in [0.15, 0.2) is 30.6 Å². The van der Waals surface area contributed by atoms with Crippen LogP contribution in [0, 0.1) is 13.8 Å². The second-order valence-corrected chi connectivity index (χ2v) is 4.87. The first-order valence-electron chi connectivity index (χ1n) is 6.10. The maximum Gasteiger partial charge on any atom is 0.0538 e. The van der Waals surface area contributed by atoms with Crippen LogP contribution in [-0.4, -0.2) is 9.78 Å². The third kappa shape index (κ3) is 2.97. The Morgan fingerprint density at radius 3 is 2.44 bits per heavy atom. The van der Waals surface area contributed by atoms with Crippen LogP contribution in [0.1, 0.15) is 28.3 Å². The van der Waals surface area contributed by atoms with Gasteiger partial charge in [-0.2, -0.15) is 5.10 Å². The molecule has 1 aromatic carbocycles. The van der Waals surface area contributed by atoms with Gasteiger partial charge in [0, 0.05) is 18.8 Å². The third-order valence-electron chi connectivity index (χ3n) is 3.05. The first-order valence-corrected chi connectivity index (χ1v) is 6.10. The second kappa shape index (κ2) is 5.33. The molecule has 1 heterocycles. The summed E-state index contributed by atoms with van der Waals surface area (Å²) in [7, 11) is 1.91. The fraction of sp³-hybridized carbons (Fsp3) is 0.357. The molecule has 0 bridgehead atoms. The quantitative estimate of drug-likeness (QED) is 0.637. The lowest BCUT2D eigenvalue weighted by atomic mass is 9.99. The van der Waals surface area contributed by atoms with Crippen LogP contribution in [0.25, 0.3) is 0 Å². The molecule has 0 aliphatic heterocycles. The van der Waals surface area contributed by atoms with E-state index in [1.165, 1.54) is 16.7 Å². The molecule has 1 aromatic heterocycles. The number of rotatable bonds is 4. The molecular formula is C14H20N4. The number of hydrogen-bond donors (Lipinski definition) is 2. The third-order valence-corrected chi connectivity index (χ3v) is 3.05. The topological polar surface area (TPSA) is 55.9 Å². The van der Waals surface area contributed by atoms with Gasteiger partial charge in [0.2, 0.25) is 0 Å². The zero-order chi connectivity index (χ0) is 13.1. The van der Waals surface area contributed by atoms with Crippen LogP contribution in [0.5, 0.6) is 0 Å². The molecule has 2 rings (SSSR count). The Hall–Kier alpha value is -1.65. The molecule has 2 aromatic rings. The van der Waals surface area contributed by atoms with Crippen LogP contribution < -0.4 is 11.3 Å². The Balaban J connectivity index is 2.20. The number of aryl methyl sites for hydroxylation is 3. The van der Waals surface area contributed by atoms with Gasteiger partial charge in [-0.3, -0.25) is 16.0 Å². The van der Waals surface area contributed by atoms with Gasteiger partial charge in [0.15, 0.2) is 0 Å². The molecule has 3 N–H and O–H groups in total. The highest BCUT2D eigenvalue weighted by molar-refractivity contribution is 5.30. The molecule has 0 aliphatic rings. The maximum absolute atomic E-state index is 5.65. The number of hydrogen-bond acceptors (Lipinski definition) is 3. The van der Waals surface area contributed by atoms with E-state index in [0.717, 1.165) is 12.0 Å². The zero-order valence-corrected chi connectivity index (χ0v) is 11.1. The minimum absolute atomic E-state index is 0.0971. The molecule has 0 spiro atoms. The molecule has 0 aliphatic carbocycles. The number of hydrazine groups is 1. The zero-order valence-electron chi connectivity index (χ0n) is 11.1. The van der Waals surface area contributed by atoms with E-state index in [9.17, 15) is 0 Å². The summed E-state index contributed by atoms with van der Waals surface area (Å²) in [6, 6.07) is 6.68. The van der Waals surface area contributed by atoms with Crippen LogP contribution in [0.2, 0.25) is 0 Å². The first kappa shape index (κ1) is 12.8.